The number of piperidine rings is 1. The number of ether oxygens (including phenoxy) is 1. The number of pyridine rings is 1. The normalized spacial score (nSPS) is 16.7. The summed E-state index contributed by atoms with van der Waals surface area (Å²) in [7, 11) is 4.25. The number of amides is 2. The average Bonchev–Trinajstić information content (AvgIpc) is 3.35. The standard InChI is InChI=1S/C29H33Cl3N6O3S/c1-36-7-5-21(6-8-36)37(2)16-18-17-42-27(25(18)32)29(40)35-26-22(28(39)34-24-4-3-19(30)15-33-24)13-20(31)14-23(26)38-9-11-41-12-10-38/h3-4,13-15,17,21H,5-12,16H2,1-2H3,(H,35,40)(H,33,34,39)/p+1. The molecule has 0 saturated carbocycles. The van der Waals surface area contributed by atoms with Gasteiger partial charge in [0.25, 0.3) is 5.91 Å². The van der Waals surface area contributed by atoms with Crippen LogP contribution in [-0.4, -0.2) is 86.1 Å². The summed E-state index contributed by atoms with van der Waals surface area (Å²) in [5.41, 5.74) is 2.19. The zero-order valence-corrected chi connectivity index (χ0v) is 26.6. The number of carbonyl (C=O) groups excluding carboxylic acids is 2. The fraction of sp³-hybridized carbons (Fsp3) is 0.414. The molecule has 42 heavy (non-hydrogen) atoms. The van der Waals surface area contributed by atoms with Crippen LogP contribution in [0.15, 0.2) is 35.8 Å². The first-order valence-electron chi connectivity index (χ1n) is 13.8. The molecule has 2 aliphatic rings. The zero-order chi connectivity index (χ0) is 29.8. The van der Waals surface area contributed by atoms with Gasteiger partial charge >= 0.3 is 5.91 Å². The summed E-state index contributed by atoms with van der Waals surface area (Å²) < 4.78 is 5.53. The summed E-state index contributed by atoms with van der Waals surface area (Å²) >= 11 is 20.6. The third-order valence-electron chi connectivity index (χ3n) is 7.71. The molecule has 2 fully saturated rings. The Kier molecular flexibility index (Phi) is 10.4. The second-order valence-corrected chi connectivity index (χ2v) is 12.8. The van der Waals surface area contributed by atoms with Crippen molar-refractivity contribution in [1.82, 2.24) is 14.8 Å². The molecule has 3 N–H and O–H groups in total. The van der Waals surface area contributed by atoms with E-state index in [1.165, 1.54) is 22.9 Å². The molecule has 5 rings (SSSR count). The van der Waals surface area contributed by atoms with Crippen molar-refractivity contribution in [3.63, 3.8) is 0 Å². The van der Waals surface area contributed by atoms with E-state index in [1.54, 1.807) is 24.3 Å². The predicted octanol–water partition coefficient (Wildman–Crippen LogP) is 4.75. The number of morpholine rings is 1. The van der Waals surface area contributed by atoms with Gasteiger partial charge < -0.3 is 19.9 Å². The van der Waals surface area contributed by atoms with E-state index in [0.29, 0.717) is 76.0 Å². The first kappa shape index (κ1) is 31.2. The van der Waals surface area contributed by atoms with Gasteiger partial charge in [-0.15, -0.1) is 11.3 Å². The van der Waals surface area contributed by atoms with Gasteiger partial charge in [-0.2, -0.15) is 0 Å². The monoisotopic (exact) mass is 651 g/mol. The average molecular weight is 653 g/mol. The van der Waals surface area contributed by atoms with E-state index in [2.05, 4.69) is 39.1 Å². The summed E-state index contributed by atoms with van der Waals surface area (Å²) in [5.74, 6) is -0.294. The highest BCUT2D eigenvalue weighted by Crippen LogP contribution is 2.36. The molecule has 0 spiro atoms. The van der Waals surface area contributed by atoms with Crippen molar-refractivity contribution in [3.8, 4) is 0 Å². The molecule has 0 unspecified atom stereocenters. The highest BCUT2D eigenvalue weighted by Gasteiger charge is 2.28. The molecule has 2 aliphatic heterocycles. The molecule has 2 saturated heterocycles. The topological polar surface area (TPSA) is 94.6 Å². The van der Waals surface area contributed by atoms with Gasteiger partial charge in [0.15, 0.2) is 0 Å². The number of quaternary nitrogens is 1. The van der Waals surface area contributed by atoms with Crippen molar-refractivity contribution in [2.45, 2.75) is 25.4 Å². The van der Waals surface area contributed by atoms with Crippen LogP contribution in [0, 0.1) is 0 Å². The highest BCUT2D eigenvalue weighted by molar-refractivity contribution is 7.13. The first-order valence-corrected chi connectivity index (χ1v) is 15.8. The van der Waals surface area contributed by atoms with Crippen LogP contribution in [0.1, 0.15) is 38.4 Å². The number of halogens is 3. The van der Waals surface area contributed by atoms with Gasteiger partial charge in [-0.1, -0.05) is 34.8 Å². The molecule has 2 aromatic heterocycles. The Morgan fingerprint density at radius 1 is 1.12 bits per heavy atom. The van der Waals surface area contributed by atoms with Gasteiger partial charge in [0.05, 0.1) is 40.8 Å². The molecule has 2 amide bonds. The van der Waals surface area contributed by atoms with Gasteiger partial charge in [0, 0.05) is 36.8 Å². The SMILES string of the molecule is CN1CCC(N(C)Cc2csc(C(=O)Nc3c(C(=O)[NH2+]c4ccc(Cl)cn4)cc(Cl)cc3N3CCOCC3)c2Cl)CC1. The van der Waals surface area contributed by atoms with E-state index in [9.17, 15) is 9.59 Å². The number of likely N-dealkylation sites (tertiary alicyclic amines) is 1. The van der Waals surface area contributed by atoms with Crippen LogP contribution in [0.3, 0.4) is 0 Å². The second-order valence-electron chi connectivity index (χ2n) is 10.7. The Labute approximate surface area is 264 Å². The molecular weight excluding hydrogens is 619 g/mol. The van der Waals surface area contributed by atoms with Crippen molar-refractivity contribution < 1.29 is 19.6 Å². The number of thiophene rings is 1. The van der Waals surface area contributed by atoms with Crippen molar-refractivity contribution in [1.29, 1.82) is 0 Å². The number of anilines is 2. The summed E-state index contributed by atoms with van der Waals surface area (Å²) in [6.45, 7) is 5.02. The highest BCUT2D eigenvalue weighted by atomic mass is 35.5. The Balaban J connectivity index is 1.41. The van der Waals surface area contributed by atoms with Gasteiger partial charge in [-0.25, -0.2) is 15.1 Å². The second kappa shape index (κ2) is 14.0. The zero-order valence-electron chi connectivity index (χ0n) is 23.5. The number of aromatic nitrogens is 1. The number of nitrogens with two attached hydrogens (primary N) is 1. The van der Waals surface area contributed by atoms with Crippen LogP contribution in [-0.2, 0) is 11.3 Å². The van der Waals surface area contributed by atoms with E-state index in [0.717, 1.165) is 31.5 Å². The quantitative estimate of drug-likeness (QED) is 0.363. The van der Waals surface area contributed by atoms with Crippen molar-refractivity contribution in [2.75, 3.05) is 63.7 Å². The maximum atomic E-state index is 13.7. The van der Waals surface area contributed by atoms with Gasteiger partial charge in [0.1, 0.15) is 10.4 Å². The molecule has 0 atom stereocenters. The fourth-order valence-corrected chi connectivity index (χ4v) is 6.87. The van der Waals surface area contributed by atoms with Gasteiger partial charge in [-0.05, 0) is 69.2 Å². The predicted molar refractivity (Wildman–Crippen MR) is 169 cm³/mol. The minimum Gasteiger partial charge on any atom is -0.378 e. The minimum absolute atomic E-state index is 0.254. The van der Waals surface area contributed by atoms with Crippen LogP contribution in [0.5, 0.6) is 0 Å². The van der Waals surface area contributed by atoms with Crippen molar-refractivity contribution in [2.24, 2.45) is 0 Å². The van der Waals surface area contributed by atoms with E-state index in [-0.39, 0.29) is 17.4 Å². The minimum atomic E-state index is -0.381. The van der Waals surface area contributed by atoms with E-state index in [4.69, 9.17) is 39.5 Å². The Hall–Kier alpha value is -2.28. The molecule has 4 heterocycles. The Morgan fingerprint density at radius 3 is 2.55 bits per heavy atom. The Bertz CT molecular complexity index is 1420. The molecular formula is C29H34Cl3N6O3S+. The molecule has 13 heteroatoms. The number of rotatable bonds is 8. The number of hydrogen-bond acceptors (Lipinski definition) is 8. The van der Waals surface area contributed by atoms with E-state index in [1.807, 2.05) is 5.38 Å². The van der Waals surface area contributed by atoms with Crippen LogP contribution in [0.25, 0.3) is 0 Å². The van der Waals surface area contributed by atoms with Gasteiger partial charge in [-0.3, -0.25) is 9.69 Å². The van der Waals surface area contributed by atoms with Gasteiger partial charge in [0.2, 0.25) is 5.82 Å². The van der Waals surface area contributed by atoms with Crippen LogP contribution >= 0.6 is 46.1 Å². The van der Waals surface area contributed by atoms with Crippen LogP contribution < -0.4 is 15.5 Å². The maximum absolute atomic E-state index is 13.7. The Morgan fingerprint density at radius 2 is 1.86 bits per heavy atom. The van der Waals surface area contributed by atoms with Crippen LogP contribution in [0.4, 0.5) is 17.2 Å². The lowest BCUT2D eigenvalue weighted by molar-refractivity contribution is -0.468. The first-order chi connectivity index (χ1) is 20.2. The molecule has 0 radical (unpaired) electrons. The van der Waals surface area contributed by atoms with E-state index >= 15 is 0 Å². The summed E-state index contributed by atoms with van der Waals surface area (Å²) in [6.07, 6.45) is 3.67. The molecule has 3 aromatic rings. The summed E-state index contributed by atoms with van der Waals surface area (Å²) in [5, 5.41) is 7.64. The van der Waals surface area contributed by atoms with Crippen molar-refractivity contribution in [3.05, 3.63) is 66.9 Å². The number of nitrogens with one attached hydrogen (secondary N) is 1. The third-order valence-corrected chi connectivity index (χ3v) is 9.72. The number of carbonyl (C=O) groups is 2. The lowest BCUT2D eigenvalue weighted by atomic mass is 10.0. The third kappa shape index (κ3) is 7.43. The number of hydrogen-bond donors (Lipinski definition) is 2. The largest absolute Gasteiger partial charge is 0.378 e. The fourth-order valence-electron chi connectivity index (χ4n) is 5.30. The maximum Gasteiger partial charge on any atom is 0.351 e. The lowest BCUT2D eigenvalue weighted by Gasteiger charge is -2.35. The molecule has 9 nitrogen and oxygen atoms in total. The number of benzene rings is 1. The smallest absolute Gasteiger partial charge is 0.351 e. The van der Waals surface area contributed by atoms with Crippen LogP contribution in [0.2, 0.25) is 15.1 Å². The molecule has 0 bridgehead atoms. The van der Waals surface area contributed by atoms with Crippen molar-refractivity contribution >= 4 is 75.1 Å². The summed E-state index contributed by atoms with van der Waals surface area (Å²) in [6, 6.07) is 7.11. The van der Waals surface area contributed by atoms with E-state index < -0.39 is 0 Å². The lowest BCUT2D eigenvalue weighted by Crippen LogP contribution is -2.82. The number of nitrogens with zero attached hydrogens (tertiary/aromatic N) is 4. The molecule has 1 aromatic carbocycles. The number of primary amides is 1. The molecule has 224 valence electrons. The summed E-state index contributed by atoms with van der Waals surface area (Å²) in [4.78, 5) is 38.6. The molecule has 0 aliphatic carbocycles.